The molecule has 3 aromatic carbocycles. The molecule has 12 heteroatoms. The van der Waals surface area contributed by atoms with E-state index in [2.05, 4.69) is 30.8 Å². The van der Waals surface area contributed by atoms with E-state index in [4.69, 9.17) is 16.1 Å². The van der Waals surface area contributed by atoms with Gasteiger partial charge in [0.25, 0.3) is 0 Å². The molecule has 5 aromatic rings. The molecule has 0 aliphatic heterocycles. The predicted molar refractivity (Wildman–Crippen MR) is 138 cm³/mol. The number of sulfonamides is 1. The molecule has 0 amide bonds. The summed E-state index contributed by atoms with van der Waals surface area (Å²) in [7, 11) is -3.88. The maximum atomic E-state index is 12.9. The summed E-state index contributed by atoms with van der Waals surface area (Å²) >= 11 is 10.3. The van der Waals surface area contributed by atoms with Crippen molar-refractivity contribution in [3.05, 3.63) is 97.3 Å². The Bertz CT molecular complexity index is 1690. The van der Waals surface area contributed by atoms with E-state index in [0.717, 1.165) is 26.9 Å². The molecule has 0 bridgehead atoms. The van der Waals surface area contributed by atoms with Gasteiger partial charge in [-0.05, 0) is 48.0 Å². The van der Waals surface area contributed by atoms with E-state index < -0.39 is 10.0 Å². The number of rotatable bonds is 7. The molecular formula is C23H16BrClN4O4S2. The van der Waals surface area contributed by atoms with Crippen molar-refractivity contribution in [3.8, 4) is 11.4 Å². The van der Waals surface area contributed by atoms with Gasteiger partial charge in [-0.1, -0.05) is 68.3 Å². The van der Waals surface area contributed by atoms with Crippen LogP contribution in [0, 0.1) is 0 Å². The first-order chi connectivity index (χ1) is 16.8. The standard InChI is InChI=1S/C23H16BrClN4O4S2/c24-16-3-1-2-15(10-16)22-27-21(33-28-22)12-26-35(31,32)18-8-9-19-20(11-18)34-23(30)29(19)13-14-4-6-17(25)7-5-14/h1-11,26H,12-13H2. The van der Waals surface area contributed by atoms with Crippen LogP contribution in [0.15, 0.2) is 85.4 Å². The summed E-state index contributed by atoms with van der Waals surface area (Å²) in [6, 6.07) is 19.2. The van der Waals surface area contributed by atoms with Gasteiger partial charge >= 0.3 is 4.87 Å². The minimum absolute atomic E-state index is 0.0385. The molecule has 0 saturated carbocycles. The number of hydrogen-bond donors (Lipinski definition) is 1. The lowest BCUT2D eigenvalue weighted by atomic mass is 10.2. The maximum absolute atomic E-state index is 12.9. The molecule has 0 saturated heterocycles. The molecule has 0 fully saturated rings. The molecule has 0 atom stereocenters. The van der Waals surface area contributed by atoms with E-state index in [0.29, 0.717) is 27.6 Å². The first-order valence-electron chi connectivity index (χ1n) is 10.2. The number of aromatic nitrogens is 3. The van der Waals surface area contributed by atoms with E-state index in [1.165, 1.54) is 12.1 Å². The van der Waals surface area contributed by atoms with E-state index in [-0.39, 0.29) is 22.2 Å². The van der Waals surface area contributed by atoms with Crippen LogP contribution >= 0.6 is 38.9 Å². The van der Waals surface area contributed by atoms with Crippen LogP contribution in [-0.2, 0) is 23.1 Å². The Kier molecular flexibility index (Phi) is 6.60. The molecule has 178 valence electrons. The number of benzene rings is 3. The lowest BCUT2D eigenvalue weighted by Crippen LogP contribution is -2.23. The Morgan fingerprint density at radius 1 is 1.09 bits per heavy atom. The van der Waals surface area contributed by atoms with E-state index >= 15 is 0 Å². The highest BCUT2D eigenvalue weighted by Crippen LogP contribution is 2.24. The van der Waals surface area contributed by atoms with Crippen LogP contribution in [-0.4, -0.2) is 23.1 Å². The van der Waals surface area contributed by atoms with Crippen molar-refractivity contribution < 1.29 is 12.9 Å². The van der Waals surface area contributed by atoms with Crippen LogP contribution in [0.2, 0.25) is 5.02 Å². The molecule has 0 radical (unpaired) electrons. The van der Waals surface area contributed by atoms with Crippen LogP contribution < -0.4 is 9.60 Å². The van der Waals surface area contributed by atoms with Gasteiger partial charge in [0.05, 0.1) is 28.2 Å². The van der Waals surface area contributed by atoms with Gasteiger partial charge in [0, 0.05) is 15.1 Å². The molecule has 0 aliphatic rings. The minimum atomic E-state index is -3.88. The molecule has 0 spiro atoms. The van der Waals surface area contributed by atoms with Crippen LogP contribution in [0.5, 0.6) is 0 Å². The third kappa shape index (κ3) is 5.24. The highest BCUT2D eigenvalue weighted by molar-refractivity contribution is 9.10. The van der Waals surface area contributed by atoms with Gasteiger partial charge in [0.15, 0.2) is 0 Å². The normalized spacial score (nSPS) is 11.8. The zero-order valence-corrected chi connectivity index (χ0v) is 21.8. The van der Waals surface area contributed by atoms with Crippen molar-refractivity contribution in [2.24, 2.45) is 0 Å². The predicted octanol–water partition coefficient (Wildman–Crippen LogP) is 5.06. The number of fused-ring (bicyclic) bond motifs is 1. The van der Waals surface area contributed by atoms with Gasteiger partial charge in [-0.15, -0.1) is 0 Å². The molecule has 2 heterocycles. The quantitative estimate of drug-likeness (QED) is 0.284. The van der Waals surface area contributed by atoms with Crippen molar-refractivity contribution >= 4 is 59.1 Å². The second-order valence-electron chi connectivity index (χ2n) is 7.56. The minimum Gasteiger partial charge on any atom is -0.338 e. The largest absolute Gasteiger partial charge is 0.338 e. The summed E-state index contributed by atoms with van der Waals surface area (Å²) in [6.45, 7) is 0.188. The van der Waals surface area contributed by atoms with E-state index in [9.17, 15) is 13.2 Å². The Morgan fingerprint density at radius 2 is 1.89 bits per heavy atom. The molecular weight excluding hydrogens is 576 g/mol. The van der Waals surface area contributed by atoms with Crippen molar-refractivity contribution in [3.63, 3.8) is 0 Å². The van der Waals surface area contributed by atoms with E-state index in [1.54, 1.807) is 22.8 Å². The SMILES string of the molecule is O=c1sc2cc(S(=O)(=O)NCc3nc(-c4cccc(Br)c4)no3)ccc2n1Cc1ccc(Cl)cc1. The number of nitrogens with one attached hydrogen (secondary N) is 1. The lowest BCUT2D eigenvalue weighted by Gasteiger charge is -2.07. The number of hydrogen-bond acceptors (Lipinski definition) is 7. The second kappa shape index (κ2) is 9.67. The summed E-state index contributed by atoms with van der Waals surface area (Å²) in [5.41, 5.74) is 2.31. The molecule has 1 N–H and O–H groups in total. The highest BCUT2D eigenvalue weighted by atomic mass is 79.9. The Balaban J connectivity index is 1.34. The smallest absolute Gasteiger partial charge is 0.308 e. The first-order valence-corrected chi connectivity index (χ1v) is 13.7. The molecule has 35 heavy (non-hydrogen) atoms. The average molecular weight is 592 g/mol. The summed E-state index contributed by atoms with van der Waals surface area (Å²) in [6.07, 6.45) is 0. The van der Waals surface area contributed by atoms with Gasteiger partial charge in [0.1, 0.15) is 0 Å². The van der Waals surface area contributed by atoms with Crippen LogP contribution in [0.25, 0.3) is 21.6 Å². The van der Waals surface area contributed by atoms with Gasteiger partial charge in [-0.2, -0.15) is 4.98 Å². The van der Waals surface area contributed by atoms with Crippen molar-refractivity contribution in [1.82, 2.24) is 19.4 Å². The molecule has 2 aromatic heterocycles. The Hall–Kier alpha value is -2.83. The fourth-order valence-corrected chi connectivity index (χ4v) is 5.98. The monoisotopic (exact) mass is 590 g/mol. The highest BCUT2D eigenvalue weighted by Gasteiger charge is 2.19. The molecule has 8 nitrogen and oxygen atoms in total. The topological polar surface area (TPSA) is 107 Å². The third-order valence-electron chi connectivity index (χ3n) is 5.17. The van der Waals surface area contributed by atoms with Gasteiger partial charge in [-0.3, -0.25) is 9.36 Å². The lowest BCUT2D eigenvalue weighted by molar-refractivity contribution is 0.376. The second-order valence-corrected chi connectivity index (χ2v) is 11.7. The molecule has 5 rings (SSSR count). The number of thiazole rings is 1. The zero-order valence-electron chi connectivity index (χ0n) is 17.8. The van der Waals surface area contributed by atoms with Gasteiger partial charge < -0.3 is 4.52 Å². The summed E-state index contributed by atoms with van der Waals surface area (Å²) in [5.74, 6) is 0.483. The fourth-order valence-electron chi connectivity index (χ4n) is 3.45. The number of nitrogens with zero attached hydrogens (tertiary/aromatic N) is 3. The summed E-state index contributed by atoms with van der Waals surface area (Å²) in [4.78, 5) is 16.7. The molecule has 0 unspecified atom stereocenters. The summed E-state index contributed by atoms with van der Waals surface area (Å²) in [5, 5.41) is 4.52. The van der Waals surface area contributed by atoms with Gasteiger partial charge in [-0.25, -0.2) is 13.1 Å². The first kappa shape index (κ1) is 23.9. The molecule has 0 aliphatic carbocycles. The van der Waals surface area contributed by atoms with Crippen molar-refractivity contribution in [2.45, 2.75) is 18.0 Å². The van der Waals surface area contributed by atoms with Crippen LogP contribution in [0.3, 0.4) is 0 Å². The number of halogens is 2. The fraction of sp³-hybridized carbons (Fsp3) is 0.0870. The van der Waals surface area contributed by atoms with Crippen molar-refractivity contribution in [2.75, 3.05) is 0 Å². The van der Waals surface area contributed by atoms with Gasteiger partial charge in [0.2, 0.25) is 21.7 Å². The van der Waals surface area contributed by atoms with Crippen molar-refractivity contribution in [1.29, 1.82) is 0 Å². The third-order valence-corrected chi connectivity index (χ3v) is 8.25. The van der Waals surface area contributed by atoms with Crippen LogP contribution in [0.4, 0.5) is 0 Å². The zero-order chi connectivity index (χ0) is 24.6. The Morgan fingerprint density at radius 3 is 2.66 bits per heavy atom. The Labute approximate surface area is 217 Å². The van der Waals surface area contributed by atoms with Crippen LogP contribution in [0.1, 0.15) is 11.5 Å². The van der Waals surface area contributed by atoms with E-state index in [1.807, 2.05) is 36.4 Å². The maximum Gasteiger partial charge on any atom is 0.308 e. The average Bonchev–Trinajstić information content (AvgIpc) is 3.43. The summed E-state index contributed by atoms with van der Waals surface area (Å²) < 4.78 is 36.5.